The second-order valence-corrected chi connectivity index (χ2v) is 4.92. The number of rotatable bonds is 4. The smallest absolute Gasteiger partial charge is 0.263 e. The van der Waals surface area contributed by atoms with Crippen LogP contribution < -0.4 is 10.1 Å². The largest absolute Gasteiger partial charge is 0.484 e. The van der Waals surface area contributed by atoms with Gasteiger partial charge in [-0.1, -0.05) is 33.6 Å². The van der Waals surface area contributed by atoms with Gasteiger partial charge >= 0.3 is 0 Å². The molecule has 19 heavy (non-hydrogen) atoms. The van der Waals surface area contributed by atoms with Gasteiger partial charge in [0.05, 0.1) is 0 Å². The molecule has 0 atom stereocenters. The van der Waals surface area contributed by atoms with E-state index in [0.717, 1.165) is 10.0 Å². The molecular weight excluding hydrogens is 308 g/mol. The van der Waals surface area contributed by atoms with Crippen molar-refractivity contribution in [2.75, 3.05) is 11.9 Å². The summed E-state index contributed by atoms with van der Waals surface area (Å²) in [5.74, 6) is 0.918. The number of amides is 1. The van der Waals surface area contributed by atoms with E-state index < -0.39 is 0 Å². The van der Waals surface area contributed by atoms with Gasteiger partial charge in [0, 0.05) is 10.7 Å². The van der Waals surface area contributed by atoms with Crippen LogP contribution >= 0.6 is 15.9 Å². The monoisotopic (exact) mass is 320 g/mol. The first kappa shape index (κ1) is 13.5. The molecule has 0 saturated heterocycles. The molecule has 2 aromatic rings. The van der Waals surface area contributed by atoms with Crippen LogP contribution in [0.5, 0.6) is 5.75 Å². The predicted octanol–water partition coefficient (Wildman–Crippen LogP) is 3.17. The van der Waals surface area contributed by atoms with Crippen molar-refractivity contribution >= 4 is 27.7 Å². The Kier molecular flexibility index (Phi) is 4.52. The number of halogens is 1. The van der Waals surface area contributed by atoms with Crippen LogP contribution in [0.3, 0.4) is 0 Å². The van der Waals surface area contributed by atoms with Crippen LogP contribution in [0.4, 0.5) is 5.82 Å². The Balaban J connectivity index is 1.86. The third-order valence-corrected chi connectivity index (χ3v) is 2.87. The summed E-state index contributed by atoms with van der Waals surface area (Å²) in [7, 11) is 0. The lowest BCUT2D eigenvalue weighted by Crippen LogP contribution is -2.20. The summed E-state index contributed by atoms with van der Waals surface area (Å²) >= 11 is 3.31. The predicted molar refractivity (Wildman–Crippen MR) is 77.2 cm³/mol. The first-order valence-corrected chi connectivity index (χ1v) is 6.53. The Hall–Kier alpha value is -1.88. The van der Waals surface area contributed by atoms with E-state index in [9.17, 15) is 4.79 Å². The van der Waals surface area contributed by atoms with E-state index >= 15 is 0 Å². The molecule has 0 fully saturated rings. The molecule has 0 bridgehead atoms. The normalized spacial score (nSPS) is 10.0. The van der Waals surface area contributed by atoms with E-state index in [-0.39, 0.29) is 12.5 Å². The van der Waals surface area contributed by atoms with Gasteiger partial charge in [-0.15, -0.1) is 0 Å². The molecule has 98 valence electrons. The Bertz CT molecular complexity index is 570. The molecule has 0 spiro atoms. The van der Waals surface area contributed by atoms with Crippen molar-refractivity contribution in [3.05, 3.63) is 52.6 Å². The number of nitrogens with one attached hydrogen (secondary N) is 1. The lowest BCUT2D eigenvalue weighted by atomic mass is 10.2. The van der Waals surface area contributed by atoms with E-state index in [0.29, 0.717) is 11.6 Å². The van der Waals surface area contributed by atoms with Gasteiger partial charge in [0.1, 0.15) is 11.6 Å². The van der Waals surface area contributed by atoms with Crippen LogP contribution in [0.25, 0.3) is 0 Å². The third-order valence-electron chi connectivity index (χ3n) is 2.38. The number of pyridine rings is 1. The zero-order valence-electron chi connectivity index (χ0n) is 10.4. The van der Waals surface area contributed by atoms with Crippen LogP contribution in [0.1, 0.15) is 5.56 Å². The van der Waals surface area contributed by atoms with Crippen molar-refractivity contribution in [1.82, 2.24) is 4.98 Å². The number of benzene rings is 1. The Morgan fingerprint density at radius 2 is 2.05 bits per heavy atom. The van der Waals surface area contributed by atoms with E-state index in [1.165, 1.54) is 0 Å². The average molecular weight is 321 g/mol. The quantitative estimate of drug-likeness (QED) is 0.941. The van der Waals surface area contributed by atoms with Gasteiger partial charge in [0.15, 0.2) is 6.61 Å². The highest BCUT2D eigenvalue weighted by molar-refractivity contribution is 9.10. The second-order valence-electron chi connectivity index (χ2n) is 4.01. The average Bonchev–Trinajstić information content (AvgIpc) is 2.38. The van der Waals surface area contributed by atoms with E-state index in [4.69, 9.17) is 4.74 Å². The molecule has 1 amide bonds. The summed E-state index contributed by atoms with van der Waals surface area (Å²) in [6, 6.07) is 11.0. The standard InChI is InChI=1S/C14H13BrN2O2/c1-10-2-4-12(5-3-10)19-9-14(18)17-13-8-11(15)6-7-16-13/h2-8H,9H2,1H3,(H,16,17,18). The van der Waals surface area contributed by atoms with Crippen LogP contribution in [0, 0.1) is 6.92 Å². The maximum Gasteiger partial charge on any atom is 0.263 e. The lowest BCUT2D eigenvalue weighted by Gasteiger charge is -2.07. The molecule has 0 saturated carbocycles. The molecule has 0 unspecified atom stereocenters. The fraction of sp³-hybridized carbons (Fsp3) is 0.143. The third kappa shape index (κ3) is 4.37. The molecular formula is C14H13BrN2O2. The second kappa shape index (κ2) is 6.33. The fourth-order valence-corrected chi connectivity index (χ4v) is 1.77. The Labute approximate surface area is 119 Å². The number of hydrogen-bond donors (Lipinski definition) is 1. The molecule has 0 aliphatic heterocycles. The molecule has 1 aromatic heterocycles. The van der Waals surface area contributed by atoms with Crippen LogP contribution in [-0.2, 0) is 4.79 Å². The molecule has 1 heterocycles. The zero-order chi connectivity index (χ0) is 13.7. The number of ether oxygens (including phenoxy) is 1. The summed E-state index contributed by atoms with van der Waals surface area (Å²) < 4.78 is 6.23. The summed E-state index contributed by atoms with van der Waals surface area (Å²) in [5, 5.41) is 2.66. The number of carbonyl (C=O) groups is 1. The summed E-state index contributed by atoms with van der Waals surface area (Å²) in [4.78, 5) is 15.7. The number of anilines is 1. The molecule has 0 aliphatic carbocycles. The Morgan fingerprint density at radius 3 is 2.74 bits per heavy atom. The highest BCUT2D eigenvalue weighted by Crippen LogP contribution is 2.13. The molecule has 4 nitrogen and oxygen atoms in total. The molecule has 0 aliphatic rings. The minimum Gasteiger partial charge on any atom is -0.484 e. The van der Waals surface area contributed by atoms with Crippen LogP contribution in [0.15, 0.2) is 47.1 Å². The number of aromatic nitrogens is 1. The molecule has 1 N–H and O–H groups in total. The van der Waals surface area contributed by atoms with Gasteiger partial charge in [-0.25, -0.2) is 4.98 Å². The van der Waals surface area contributed by atoms with Gasteiger partial charge < -0.3 is 10.1 Å². The van der Waals surface area contributed by atoms with Crippen molar-refractivity contribution in [2.45, 2.75) is 6.92 Å². The van der Waals surface area contributed by atoms with E-state index in [2.05, 4.69) is 26.2 Å². The van der Waals surface area contributed by atoms with E-state index in [1.54, 1.807) is 18.3 Å². The maximum absolute atomic E-state index is 11.7. The topological polar surface area (TPSA) is 51.2 Å². The van der Waals surface area contributed by atoms with Crippen molar-refractivity contribution in [2.24, 2.45) is 0 Å². The summed E-state index contributed by atoms with van der Waals surface area (Å²) in [6.45, 7) is 1.95. The zero-order valence-corrected chi connectivity index (χ0v) is 12.0. The van der Waals surface area contributed by atoms with Gasteiger partial charge in [0.2, 0.25) is 0 Å². The summed E-state index contributed by atoms with van der Waals surface area (Å²) in [5.41, 5.74) is 1.15. The van der Waals surface area contributed by atoms with Crippen molar-refractivity contribution in [1.29, 1.82) is 0 Å². The fourth-order valence-electron chi connectivity index (χ4n) is 1.44. The van der Waals surface area contributed by atoms with Gasteiger partial charge in [0.25, 0.3) is 5.91 Å². The van der Waals surface area contributed by atoms with Gasteiger partial charge in [-0.05, 0) is 31.2 Å². The first-order chi connectivity index (χ1) is 9.13. The summed E-state index contributed by atoms with van der Waals surface area (Å²) in [6.07, 6.45) is 1.61. The molecule has 5 heteroatoms. The minimum absolute atomic E-state index is 0.0444. The lowest BCUT2D eigenvalue weighted by molar-refractivity contribution is -0.118. The van der Waals surface area contributed by atoms with Crippen molar-refractivity contribution in [3.8, 4) is 5.75 Å². The van der Waals surface area contributed by atoms with Crippen LogP contribution in [0.2, 0.25) is 0 Å². The number of hydrogen-bond acceptors (Lipinski definition) is 3. The number of nitrogens with zero attached hydrogens (tertiary/aromatic N) is 1. The van der Waals surface area contributed by atoms with Gasteiger partial charge in [-0.3, -0.25) is 4.79 Å². The first-order valence-electron chi connectivity index (χ1n) is 5.74. The maximum atomic E-state index is 11.7. The highest BCUT2D eigenvalue weighted by atomic mass is 79.9. The number of carbonyl (C=O) groups excluding carboxylic acids is 1. The SMILES string of the molecule is Cc1ccc(OCC(=O)Nc2cc(Br)ccn2)cc1. The van der Waals surface area contributed by atoms with Crippen LogP contribution in [-0.4, -0.2) is 17.5 Å². The van der Waals surface area contributed by atoms with Crippen molar-refractivity contribution < 1.29 is 9.53 Å². The Morgan fingerprint density at radius 1 is 1.32 bits per heavy atom. The minimum atomic E-state index is -0.244. The van der Waals surface area contributed by atoms with E-state index in [1.807, 2.05) is 31.2 Å². The van der Waals surface area contributed by atoms with Gasteiger partial charge in [-0.2, -0.15) is 0 Å². The van der Waals surface area contributed by atoms with Crippen molar-refractivity contribution in [3.63, 3.8) is 0 Å². The molecule has 2 rings (SSSR count). The molecule has 0 radical (unpaired) electrons. The highest BCUT2D eigenvalue weighted by Gasteiger charge is 2.04. The molecule has 1 aromatic carbocycles. The number of aryl methyl sites for hydroxylation is 1.